The molecule has 2 heterocycles. The summed E-state index contributed by atoms with van der Waals surface area (Å²) in [7, 11) is 0. The molecule has 3 atom stereocenters. The molecule has 0 aliphatic heterocycles. The minimum Gasteiger partial charge on any atom is -0.462 e. The fourth-order valence-corrected chi connectivity index (χ4v) is 3.47. The van der Waals surface area contributed by atoms with Gasteiger partial charge in [-0.15, -0.1) is 0 Å². The monoisotopic (exact) mass is 331 g/mol. The highest BCUT2D eigenvalue weighted by atomic mass is 16.5. The summed E-state index contributed by atoms with van der Waals surface area (Å²) >= 11 is 0. The van der Waals surface area contributed by atoms with Crippen LogP contribution < -0.4 is 5.32 Å². The van der Waals surface area contributed by atoms with Gasteiger partial charge in [0, 0.05) is 24.3 Å². The first-order valence-electron chi connectivity index (χ1n) is 8.65. The fraction of sp³-hybridized carbons (Fsp3) is 0.556. The summed E-state index contributed by atoms with van der Waals surface area (Å²) < 4.78 is 5.15. The smallest absolute Gasteiger partial charge is 0.341 e. The van der Waals surface area contributed by atoms with Crippen molar-refractivity contribution in [1.29, 1.82) is 0 Å². The van der Waals surface area contributed by atoms with Crippen LogP contribution in [0.15, 0.2) is 18.5 Å². The van der Waals surface area contributed by atoms with E-state index in [0.29, 0.717) is 24.0 Å². The Bertz CT molecular complexity index is 713. The second-order valence-electron chi connectivity index (χ2n) is 6.59. The second-order valence-corrected chi connectivity index (χ2v) is 6.59. The van der Waals surface area contributed by atoms with Crippen LogP contribution in [0.1, 0.15) is 43.5 Å². The molecule has 2 aromatic heterocycles. The first kappa shape index (κ1) is 16.8. The maximum Gasteiger partial charge on any atom is 0.341 e. The first-order chi connectivity index (χ1) is 11.6. The number of ether oxygens (including phenoxy) is 1. The van der Waals surface area contributed by atoms with Crippen LogP contribution in [0, 0.1) is 11.8 Å². The highest BCUT2D eigenvalue weighted by Crippen LogP contribution is 2.32. The van der Waals surface area contributed by atoms with Crippen LogP contribution >= 0.6 is 0 Å². The molecule has 6 nitrogen and oxygen atoms in total. The van der Waals surface area contributed by atoms with E-state index >= 15 is 0 Å². The number of aliphatic hydroxyl groups excluding tert-OH is 1. The molecule has 1 saturated carbocycles. The average molecular weight is 331 g/mol. The van der Waals surface area contributed by atoms with Gasteiger partial charge in [0.2, 0.25) is 0 Å². The number of rotatable bonds is 5. The first-order valence-corrected chi connectivity index (χ1v) is 8.65. The van der Waals surface area contributed by atoms with Crippen LogP contribution in [-0.4, -0.2) is 40.3 Å². The third-order valence-electron chi connectivity index (χ3n) is 4.96. The van der Waals surface area contributed by atoms with Crippen LogP contribution in [0.25, 0.3) is 11.0 Å². The molecule has 2 aromatic rings. The number of nitrogens with zero attached hydrogens (tertiary/aromatic N) is 1. The quantitative estimate of drug-likeness (QED) is 0.733. The Hall–Kier alpha value is -2.08. The largest absolute Gasteiger partial charge is 0.462 e. The number of esters is 1. The summed E-state index contributed by atoms with van der Waals surface area (Å²) in [5.41, 5.74) is 1.95. The summed E-state index contributed by atoms with van der Waals surface area (Å²) in [6, 6.07) is 1.91. The Morgan fingerprint density at radius 1 is 1.50 bits per heavy atom. The lowest BCUT2D eigenvalue weighted by Crippen LogP contribution is -2.31. The number of hydrogen-bond donors (Lipinski definition) is 3. The summed E-state index contributed by atoms with van der Waals surface area (Å²) in [4.78, 5) is 19.6. The molecule has 0 amide bonds. The van der Waals surface area contributed by atoms with Gasteiger partial charge in [0.1, 0.15) is 11.2 Å². The van der Waals surface area contributed by atoms with E-state index in [-0.39, 0.29) is 12.1 Å². The molecule has 1 fully saturated rings. The predicted octanol–water partition coefficient (Wildman–Crippen LogP) is 2.95. The number of aliphatic hydroxyl groups is 1. The standard InChI is InChI=1S/C18H25N3O3/c1-3-24-18(23)15-10-21-17-14(6-7-19-17)16(15)20-9-12-8-13(22)5-4-11(12)2/h6-7,10-13,22H,3-5,8-9H2,1-2H3,(H2,19,20,21)/t11-,12+,13-/m1/s1. The summed E-state index contributed by atoms with van der Waals surface area (Å²) in [6.07, 6.45) is 5.85. The molecule has 0 bridgehead atoms. The van der Waals surface area contributed by atoms with E-state index in [9.17, 15) is 9.90 Å². The van der Waals surface area contributed by atoms with Gasteiger partial charge in [-0.05, 0) is 44.1 Å². The number of anilines is 1. The van der Waals surface area contributed by atoms with E-state index < -0.39 is 0 Å². The van der Waals surface area contributed by atoms with Gasteiger partial charge in [0.25, 0.3) is 0 Å². The minimum absolute atomic E-state index is 0.220. The van der Waals surface area contributed by atoms with Crippen LogP contribution in [0.3, 0.4) is 0 Å². The highest BCUT2D eigenvalue weighted by Gasteiger charge is 2.27. The molecule has 1 aliphatic rings. The third kappa shape index (κ3) is 3.38. The van der Waals surface area contributed by atoms with E-state index in [4.69, 9.17) is 4.74 Å². The van der Waals surface area contributed by atoms with Gasteiger partial charge in [0.15, 0.2) is 0 Å². The van der Waals surface area contributed by atoms with Crippen molar-refractivity contribution in [3.8, 4) is 0 Å². The van der Waals surface area contributed by atoms with Crippen LogP contribution in [0.2, 0.25) is 0 Å². The van der Waals surface area contributed by atoms with Gasteiger partial charge in [0.05, 0.1) is 18.4 Å². The molecule has 1 aliphatic carbocycles. The number of aromatic amines is 1. The Balaban J connectivity index is 1.85. The van der Waals surface area contributed by atoms with E-state index in [1.807, 2.05) is 12.3 Å². The van der Waals surface area contributed by atoms with Gasteiger partial charge in [-0.3, -0.25) is 0 Å². The van der Waals surface area contributed by atoms with E-state index in [0.717, 1.165) is 42.5 Å². The topological polar surface area (TPSA) is 87.2 Å². The molecular formula is C18H25N3O3. The molecule has 130 valence electrons. The Kier molecular flexibility index (Phi) is 5.04. The zero-order valence-electron chi connectivity index (χ0n) is 14.2. The molecule has 0 spiro atoms. The summed E-state index contributed by atoms with van der Waals surface area (Å²) in [5.74, 6) is 0.564. The normalized spacial score (nSPS) is 24.0. The SMILES string of the molecule is CCOC(=O)c1cnc2[nH]ccc2c1NC[C@@H]1C[C@H](O)CC[C@H]1C. The average Bonchev–Trinajstić information content (AvgIpc) is 3.04. The summed E-state index contributed by atoms with van der Waals surface area (Å²) in [6.45, 7) is 5.06. The van der Waals surface area contributed by atoms with Crippen LogP contribution in [0.5, 0.6) is 0 Å². The number of carbonyl (C=O) groups is 1. The molecular weight excluding hydrogens is 306 g/mol. The molecule has 6 heteroatoms. The van der Waals surface area contributed by atoms with Crippen LogP contribution in [-0.2, 0) is 4.74 Å². The van der Waals surface area contributed by atoms with Gasteiger partial charge < -0.3 is 20.1 Å². The van der Waals surface area contributed by atoms with Crippen LogP contribution in [0.4, 0.5) is 5.69 Å². The van der Waals surface area contributed by atoms with Crippen molar-refractivity contribution in [3.63, 3.8) is 0 Å². The molecule has 24 heavy (non-hydrogen) atoms. The van der Waals surface area contributed by atoms with Crippen molar-refractivity contribution in [2.75, 3.05) is 18.5 Å². The zero-order valence-corrected chi connectivity index (χ0v) is 14.2. The van der Waals surface area contributed by atoms with E-state index in [1.54, 1.807) is 13.1 Å². The number of aromatic nitrogens is 2. The van der Waals surface area contributed by atoms with Gasteiger partial charge in [-0.2, -0.15) is 0 Å². The van der Waals surface area contributed by atoms with Crippen molar-refractivity contribution in [2.45, 2.75) is 39.2 Å². The number of pyridine rings is 1. The Labute approximate surface area is 141 Å². The number of H-pyrrole nitrogens is 1. The van der Waals surface area contributed by atoms with E-state index in [1.165, 1.54) is 0 Å². The fourth-order valence-electron chi connectivity index (χ4n) is 3.47. The Morgan fingerprint density at radius 3 is 3.12 bits per heavy atom. The van der Waals surface area contributed by atoms with Crippen molar-refractivity contribution in [2.24, 2.45) is 11.8 Å². The lowest BCUT2D eigenvalue weighted by molar-refractivity contribution is 0.0526. The maximum absolute atomic E-state index is 12.2. The molecule has 0 unspecified atom stereocenters. The molecule has 3 rings (SSSR count). The highest BCUT2D eigenvalue weighted by molar-refractivity contribution is 6.04. The van der Waals surface area contributed by atoms with E-state index in [2.05, 4.69) is 22.2 Å². The minimum atomic E-state index is -0.368. The number of fused-ring (bicyclic) bond motifs is 1. The third-order valence-corrected chi connectivity index (χ3v) is 4.96. The van der Waals surface area contributed by atoms with Gasteiger partial charge in [-0.1, -0.05) is 6.92 Å². The summed E-state index contributed by atoms with van der Waals surface area (Å²) in [5, 5.41) is 14.2. The maximum atomic E-state index is 12.2. The molecule has 0 aromatic carbocycles. The molecule has 0 saturated heterocycles. The number of carbonyl (C=O) groups excluding carboxylic acids is 1. The second kappa shape index (κ2) is 7.21. The van der Waals surface area contributed by atoms with Crippen molar-refractivity contribution < 1.29 is 14.6 Å². The predicted molar refractivity (Wildman–Crippen MR) is 93.1 cm³/mol. The number of hydrogen-bond acceptors (Lipinski definition) is 5. The van der Waals surface area contributed by atoms with Crippen molar-refractivity contribution >= 4 is 22.7 Å². The lowest BCUT2D eigenvalue weighted by Gasteiger charge is -2.32. The molecule has 3 N–H and O–H groups in total. The lowest BCUT2D eigenvalue weighted by atomic mass is 9.79. The van der Waals surface area contributed by atoms with Crippen molar-refractivity contribution in [3.05, 3.63) is 24.0 Å². The Morgan fingerprint density at radius 2 is 2.33 bits per heavy atom. The number of nitrogens with one attached hydrogen (secondary N) is 2. The van der Waals surface area contributed by atoms with Gasteiger partial charge >= 0.3 is 5.97 Å². The van der Waals surface area contributed by atoms with Crippen molar-refractivity contribution in [1.82, 2.24) is 9.97 Å². The van der Waals surface area contributed by atoms with Gasteiger partial charge in [-0.25, -0.2) is 9.78 Å². The zero-order chi connectivity index (χ0) is 17.1. The molecule has 0 radical (unpaired) electrons.